The molecule has 2 aliphatic rings. The Morgan fingerprint density at radius 1 is 1.00 bits per heavy atom. The molecule has 2 saturated heterocycles. The van der Waals surface area contributed by atoms with Crippen molar-refractivity contribution in [2.45, 2.75) is 12.8 Å². The Bertz CT molecular complexity index is 711. The normalized spacial score (nSPS) is 19.7. The molecule has 26 heavy (non-hydrogen) atoms. The molecular weight excluding hydrogens is 326 g/mol. The smallest absolute Gasteiger partial charge is 0.225 e. The molecule has 0 unspecified atom stereocenters. The van der Waals surface area contributed by atoms with Gasteiger partial charge in [0.25, 0.3) is 0 Å². The highest BCUT2D eigenvalue weighted by molar-refractivity contribution is 5.79. The van der Waals surface area contributed by atoms with Gasteiger partial charge in [-0.2, -0.15) is 5.10 Å². The maximum atomic E-state index is 12.8. The minimum absolute atomic E-state index is 0.194. The minimum Gasteiger partial charge on any atom is -0.371 e. The summed E-state index contributed by atoms with van der Waals surface area (Å²) in [5.74, 6) is 0.563. The Labute approximate surface area is 154 Å². The van der Waals surface area contributed by atoms with Gasteiger partial charge in [-0.3, -0.25) is 9.89 Å². The number of amides is 1. The predicted molar refractivity (Wildman–Crippen MR) is 103 cm³/mol. The van der Waals surface area contributed by atoms with Crippen LogP contribution in [0.2, 0.25) is 0 Å². The minimum atomic E-state index is 0.194. The maximum Gasteiger partial charge on any atom is 0.225 e. The second-order valence-electron chi connectivity index (χ2n) is 7.42. The number of carbonyl (C=O) groups excluding carboxylic acids is 1. The van der Waals surface area contributed by atoms with Crippen LogP contribution in [0.1, 0.15) is 12.8 Å². The summed E-state index contributed by atoms with van der Waals surface area (Å²) in [4.78, 5) is 19.5. The van der Waals surface area contributed by atoms with E-state index in [9.17, 15) is 4.79 Å². The van der Waals surface area contributed by atoms with Crippen molar-refractivity contribution in [1.82, 2.24) is 20.0 Å². The van der Waals surface area contributed by atoms with E-state index in [0.717, 1.165) is 57.7 Å². The fraction of sp³-hybridized carbons (Fsp3) is 0.500. The molecule has 3 heterocycles. The molecule has 1 N–H and O–H groups in total. The fourth-order valence-electron chi connectivity index (χ4n) is 3.94. The quantitative estimate of drug-likeness (QED) is 0.918. The lowest BCUT2D eigenvalue weighted by Gasteiger charge is -2.38. The van der Waals surface area contributed by atoms with Crippen LogP contribution < -0.4 is 4.90 Å². The van der Waals surface area contributed by atoms with Gasteiger partial charge in [-0.25, -0.2) is 0 Å². The summed E-state index contributed by atoms with van der Waals surface area (Å²) in [5.41, 5.74) is 3.51. The number of aromatic nitrogens is 2. The Hall–Kier alpha value is -2.34. The first-order valence-corrected chi connectivity index (χ1v) is 9.52. The van der Waals surface area contributed by atoms with Crippen molar-refractivity contribution in [3.8, 4) is 11.1 Å². The zero-order valence-corrected chi connectivity index (χ0v) is 15.4. The lowest BCUT2D eigenvalue weighted by Crippen LogP contribution is -2.50. The topological polar surface area (TPSA) is 55.5 Å². The van der Waals surface area contributed by atoms with Crippen molar-refractivity contribution < 1.29 is 4.79 Å². The summed E-state index contributed by atoms with van der Waals surface area (Å²) in [6.45, 7) is 5.65. The molecule has 4 rings (SSSR count). The molecule has 0 atom stereocenters. The van der Waals surface area contributed by atoms with E-state index in [4.69, 9.17) is 0 Å². The molecule has 0 aliphatic carbocycles. The average molecular weight is 353 g/mol. The second-order valence-corrected chi connectivity index (χ2v) is 7.42. The van der Waals surface area contributed by atoms with Crippen LogP contribution in [0.4, 0.5) is 5.69 Å². The number of carbonyl (C=O) groups is 1. The van der Waals surface area contributed by atoms with Crippen LogP contribution in [0.25, 0.3) is 11.1 Å². The first-order valence-electron chi connectivity index (χ1n) is 9.52. The SMILES string of the molecule is CN1CCN(C(=O)C2CCN(c3ccc(-c4cn[nH]c4)cc3)CC2)CC1. The molecule has 0 saturated carbocycles. The van der Waals surface area contributed by atoms with Gasteiger partial charge in [0, 0.05) is 62.6 Å². The van der Waals surface area contributed by atoms with Gasteiger partial charge in [0.15, 0.2) is 0 Å². The summed E-state index contributed by atoms with van der Waals surface area (Å²) in [7, 11) is 2.12. The third-order valence-electron chi connectivity index (χ3n) is 5.72. The van der Waals surface area contributed by atoms with Crippen LogP contribution in [-0.2, 0) is 4.79 Å². The van der Waals surface area contributed by atoms with Crippen molar-refractivity contribution in [2.75, 3.05) is 51.2 Å². The number of benzene rings is 1. The highest BCUT2D eigenvalue weighted by Gasteiger charge is 2.29. The van der Waals surface area contributed by atoms with E-state index >= 15 is 0 Å². The number of aromatic amines is 1. The molecule has 1 amide bonds. The Balaban J connectivity index is 1.32. The Kier molecular flexibility index (Phi) is 4.93. The monoisotopic (exact) mass is 353 g/mol. The summed E-state index contributed by atoms with van der Waals surface area (Å²) >= 11 is 0. The largest absolute Gasteiger partial charge is 0.371 e. The van der Waals surface area contributed by atoms with Crippen LogP contribution in [-0.4, -0.2) is 72.2 Å². The third-order valence-corrected chi connectivity index (χ3v) is 5.72. The molecule has 0 radical (unpaired) electrons. The van der Waals surface area contributed by atoms with E-state index in [1.165, 1.54) is 11.3 Å². The van der Waals surface area contributed by atoms with Crippen molar-refractivity contribution in [3.63, 3.8) is 0 Å². The second kappa shape index (κ2) is 7.50. The maximum absolute atomic E-state index is 12.8. The molecule has 2 aromatic rings. The van der Waals surface area contributed by atoms with Crippen molar-refractivity contribution in [2.24, 2.45) is 5.92 Å². The number of rotatable bonds is 3. The summed E-state index contributed by atoms with van der Waals surface area (Å²) in [6, 6.07) is 8.62. The van der Waals surface area contributed by atoms with Crippen molar-refractivity contribution in [1.29, 1.82) is 0 Å². The van der Waals surface area contributed by atoms with Crippen LogP contribution in [0.5, 0.6) is 0 Å². The van der Waals surface area contributed by atoms with E-state index in [-0.39, 0.29) is 5.92 Å². The average Bonchev–Trinajstić information content (AvgIpc) is 3.23. The number of hydrogen-bond acceptors (Lipinski definition) is 4. The molecule has 6 heteroatoms. The van der Waals surface area contributed by atoms with Gasteiger partial charge >= 0.3 is 0 Å². The molecule has 138 valence electrons. The van der Waals surface area contributed by atoms with Crippen LogP contribution in [0.3, 0.4) is 0 Å². The van der Waals surface area contributed by atoms with Gasteiger partial charge in [0.05, 0.1) is 6.20 Å². The lowest BCUT2D eigenvalue weighted by atomic mass is 9.94. The van der Waals surface area contributed by atoms with Gasteiger partial charge in [0.1, 0.15) is 0 Å². The number of H-pyrrole nitrogens is 1. The first-order chi connectivity index (χ1) is 12.7. The number of anilines is 1. The van der Waals surface area contributed by atoms with E-state index in [1.807, 2.05) is 12.4 Å². The number of hydrogen-bond donors (Lipinski definition) is 1. The summed E-state index contributed by atoms with van der Waals surface area (Å²) < 4.78 is 0. The molecule has 1 aromatic heterocycles. The zero-order valence-electron chi connectivity index (χ0n) is 15.4. The zero-order chi connectivity index (χ0) is 17.9. The van der Waals surface area contributed by atoms with Gasteiger partial charge in [-0.15, -0.1) is 0 Å². The number of piperazine rings is 1. The Morgan fingerprint density at radius 2 is 1.69 bits per heavy atom. The fourth-order valence-corrected chi connectivity index (χ4v) is 3.94. The van der Waals surface area contributed by atoms with Gasteiger partial charge in [-0.05, 0) is 37.6 Å². The summed E-state index contributed by atoms with van der Waals surface area (Å²) in [6.07, 6.45) is 5.65. The van der Waals surface area contributed by atoms with Gasteiger partial charge < -0.3 is 14.7 Å². The third kappa shape index (κ3) is 3.60. The van der Waals surface area contributed by atoms with E-state index in [1.54, 1.807) is 0 Å². The number of nitrogens with one attached hydrogen (secondary N) is 1. The van der Waals surface area contributed by atoms with E-state index < -0.39 is 0 Å². The molecule has 2 fully saturated rings. The molecule has 0 spiro atoms. The molecule has 2 aliphatic heterocycles. The highest BCUT2D eigenvalue weighted by atomic mass is 16.2. The van der Waals surface area contributed by atoms with Crippen LogP contribution >= 0.6 is 0 Å². The molecule has 0 bridgehead atoms. The highest BCUT2D eigenvalue weighted by Crippen LogP contribution is 2.27. The number of nitrogens with zero attached hydrogens (tertiary/aromatic N) is 4. The van der Waals surface area contributed by atoms with Gasteiger partial charge in [0.2, 0.25) is 5.91 Å². The number of likely N-dealkylation sites (N-methyl/N-ethyl adjacent to an activating group) is 1. The first kappa shape index (κ1) is 17.1. The van der Waals surface area contributed by atoms with E-state index in [2.05, 4.69) is 56.2 Å². The van der Waals surface area contributed by atoms with Crippen molar-refractivity contribution >= 4 is 11.6 Å². The lowest BCUT2D eigenvalue weighted by molar-refractivity contribution is -0.137. The molecule has 1 aromatic carbocycles. The van der Waals surface area contributed by atoms with Gasteiger partial charge in [-0.1, -0.05) is 12.1 Å². The molecule has 6 nitrogen and oxygen atoms in total. The van der Waals surface area contributed by atoms with Crippen molar-refractivity contribution in [3.05, 3.63) is 36.7 Å². The van der Waals surface area contributed by atoms with E-state index in [0.29, 0.717) is 5.91 Å². The Morgan fingerprint density at radius 3 is 2.31 bits per heavy atom. The summed E-state index contributed by atoms with van der Waals surface area (Å²) in [5, 5.41) is 6.86. The molecular formula is C20H27N5O. The van der Waals surface area contributed by atoms with Crippen LogP contribution in [0.15, 0.2) is 36.7 Å². The standard InChI is InChI=1S/C20H27N5O/c1-23-10-12-25(13-11-23)20(26)17-6-8-24(9-7-17)19-4-2-16(3-5-19)18-14-21-22-15-18/h2-5,14-15,17H,6-13H2,1H3,(H,21,22). The van der Waals surface area contributed by atoms with Crippen LogP contribution in [0, 0.1) is 5.92 Å². The predicted octanol–water partition coefficient (Wildman–Crippen LogP) is 2.07. The number of piperidine rings is 1.